The van der Waals surface area contributed by atoms with Crippen molar-refractivity contribution in [3.8, 4) is 5.75 Å². The molecule has 2 saturated heterocycles. The first-order valence-corrected chi connectivity index (χ1v) is 7.43. The van der Waals surface area contributed by atoms with Crippen LogP contribution in [0, 0.1) is 5.41 Å². The van der Waals surface area contributed by atoms with Crippen molar-refractivity contribution in [2.45, 2.75) is 25.9 Å². The smallest absolute Gasteiger partial charge is 0.118 e. The van der Waals surface area contributed by atoms with Gasteiger partial charge in [-0.1, -0.05) is 31.2 Å². The van der Waals surface area contributed by atoms with Crippen molar-refractivity contribution in [1.82, 2.24) is 10.4 Å². The molecule has 0 aromatic heterocycles. The molecular weight excluding hydrogens is 264 g/mol. The molecule has 1 aromatic rings. The van der Waals surface area contributed by atoms with Crippen LogP contribution in [0.15, 0.2) is 36.4 Å². The number of methoxy groups -OCH3 is 1. The summed E-state index contributed by atoms with van der Waals surface area (Å²) in [5.41, 5.74) is 5.88. The molecular formula is C17H24N2O2. The van der Waals surface area contributed by atoms with Crippen LogP contribution in [0.25, 0.3) is 0 Å². The number of rotatable bonds is 4. The van der Waals surface area contributed by atoms with E-state index in [4.69, 9.17) is 9.57 Å². The molecule has 1 aromatic carbocycles. The van der Waals surface area contributed by atoms with Crippen LogP contribution in [0.2, 0.25) is 0 Å². The Morgan fingerprint density at radius 2 is 2.19 bits per heavy atom. The van der Waals surface area contributed by atoms with Gasteiger partial charge in [-0.15, -0.1) is 0 Å². The monoisotopic (exact) mass is 288 g/mol. The minimum absolute atomic E-state index is 0.153. The first-order valence-electron chi connectivity index (χ1n) is 7.43. The van der Waals surface area contributed by atoms with E-state index in [1.54, 1.807) is 7.11 Å². The SMILES string of the molecule is C=C(C)CN1C[C@@]2(C)CON[C@H]2[C@@H]1c1ccc(OC)cc1. The van der Waals surface area contributed by atoms with Crippen LogP contribution in [0.3, 0.4) is 0 Å². The molecule has 1 N–H and O–H groups in total. The van der Waals surface area contributed by atoms with Gasteiger partial charge in [0.15, 0.2) is 0 Å². The lowest BCUT2D eigenvalue weighted by Crippen LogP contribution is -2.36. The van der Waals surface area contributed by atoms with E-state index in [9.17, 15) is 0 Å². The Morgan fingerprint density at radius 1 is 1.48 bits per heavy atom. The summed E-state index contributed by atoms with van der Waals surface area (Å²) in [6.07, 6.45) is 0. The normalized spacial score (nSPS) is 32.1. The minimum atomic E-state index is 0.153. The summed E-state index contributed by atoms with van der Waals surface area (Å²) in [5, 5.41) is 0. The van der Waals surface area contributed by atoms with Gasteiger partial charge in [-0.25, -0.2) is 0 Å². The van der Waals surface area contributed by atoms with Gasteiger partial charge in [0, 0.05) is 18.5 Å². The predicted octanol–water partition coefficient (Wildman–Crippen LogP) is 2.54. The molecule has 4 nitrogen and oxygen atoms in total. The van der Waals surface area contributed by atoms with E-state index in [-0.39, 0.29) is 5.41 Å². The topological polar surface area (TPSA) is 33.7 Å². The molecule has 0 aliphatic carbocycles. The van der Waals surface area contributed by atoms with E-state index in [2.05, 4.69) is 42.9 Å². The number of likely N-dealkylation sites (tertiary alicyclic amines) is 1. The van der Waals surface area contributed by atoms with Crippen molar-refractivity contribution < 1.29 is 9.57 Å². The molecule has 0 unspecified atom stereocenters. The van der Waals surface area contributed by atoms with Crippen molar-refractivity contribution in [1.29, 1.82) is 0 Å². The number of nitrogens with zero attached hydrogens (tertiary/aromatic N) is 1. The van der Waals surface area contributed by atoms with Crippen LogP contribution < -0.4 is 10.2 Å². The van der Waals surface area contributed by atoms with Crippen LogP contribution in [0.1, 0.15) is 25.5 Å². The number of benzene rings is 1. The molecule has 21 heavy (non-hydrogen) atoms. The molecule has 2 aliphatic heterocycles. The third kappa shape index (κ3) is 2.59. The Balaban J connectivity index is 1.92. The van der Waals surface area contributed by atoms with Gasteiger partial charge in [-0.2, -0.15) is 5.48 Å². The van der Waals surface area contributed by atoms with Gasteiger partial charge in [0.1, 0.15) is 5.75 Å². The first kappa shape index (κ1) is 14.6. The number of fused-ring (bicyclic) bond motifs is 1. The second-order valence-corrected chi connectivity index (χ2v) is 6.62. The largest absolute Gasteiger partial charge is 0.497 e. The van der Waals surface area contributed by atoms with Crippen molar-refractivity contribution in [2.75, 3.05) is 26.8 Å². The average molecular weight is 288 g/mol. The molecule has 0 amide bonds. The lowest BCUT2D eigenvalue weighted by atomic mass is 9.83. The maximum Gasteiger partial charge on any atom is 0.118 e. The molecule has 0 radical (unpaired) electrons. The molecule has 2 heterocycles. The standard InChI is InChI=1S/C17H24N2O2/c1-12(2)9-19-10-17(3)11-21-18-16(17)15(19)13-5-7-14(20-4)8-6-13/h5-8,15-16,18H,1,9-11H2,2-4H3/t15-,16-,17-/m0/s1. The summed E-state index contributed by atoms with van der Waals surface area (Å²) in [7, 11) is 1.70. The van der Waals surface area contributed by atoms with Gasteiger partial charge in [-0.3, -0.25) is 4.90 Å². The van der Waals surface area contributed by atoms with Gasteiger partial charge in [0.25, 0.3) is 0 Å². The zero-order valence-electron chi connectivity index (χ0n) is 13.1. The summed E-state index contributed by atoms with van der Waals surface area (Å²) >= 11 is 0. The van der Waals surface area contributed by atoms with Crippen molar-refractivity contribution in [3.05, 3.63) is 42.0 Å². The van der Waals surface area contributed by atoms with E-state index >= 15 is 0 Å². The van der Waals surface area contributed by atoms with E-state index in [0.29, 0.717) is 12.1 Å². The Hall–Kier alpha value is -1.36. The van der Waals surface area contributed by atoms with Crippen LogP contribution in [0.5, 0.6) is 5.75 Å². The van der Waals surface area contributed by atoms with Crippen LogP contribution in [0.4, 0.5) is 0 Å². The van der Waals surface area contributed by atoms with Crippen LogP contribution in [-0.2, 0) is 4.84 Å². The fourth-order valence-electron chi connectivity index (χ4n) is 3.60. The van der Waals surface area contributed by atoms with E-state index in [0.717, 1.165) is 25.4 Å². The fraction of sp³-hybridized carbons (Fsp3) is 0.529. The molecule has 2 aliphatic rings. The number of hydrogen-bond donors (Lipinski definition) is 1. The number of hydroxylamine groups is 1. The summed E-state index contributed by atoms with van der Waals surface area (Å²) < 4.78 is 5.26. The molecule has 4 heteroatoms. The Bertz CT molecular complexity index is 528. The quantitative estimate of drug-likeness (QED) is 0.863. The van der Waals surface area contributed by atoms with Crippen molar-refractivity contribution >= 4 is 0 Å². The van der Waals surface area contributed by atoms with Gasteiger partial charge in [0.2, 0.25) is 0 Å². The summed E-state index contributed by atoms with van der Waals surface area (Å²) in [4.78, 5) is 8.04. The summed E-state index contributed by atoms with van der Waals surface area (Å²) in [6.45, 7) is 11.2. The Labute approximate surface area is 126 Å². The van der Waals surface area contributed by atoms with Gasteiger partial charge in [0.05, 0.1) is 25.8 Å². The third-order valence-electron chi connectivity index (χ3n) is 4.57. The van der Waals surface area contributed by atoms with Gasteiger partial charge >= 0.3 is 0 Å². The molecule has 0 saturated carbocycles. The van der Waals surface area contributed by atoms with E-state index in [1.165, 1.54) is 11.1 Å². The van der Waals surface area contributed by atoms with Crippen LogP contribution in [-0.4, -0.2) is 37.7 Å². The Morgan fingerprint density at radius 3 is 2.81 bits per heavy atom. The molecule has 0 spiro atoms. The molecule has 114 valence electrons. The zero-order valence-corrected chi connectivity index (χ0v) is 13.1. The molecule has 0 bridgehead atoms. The van der Waals surface area contributed by atoms with E-state index in [1.807, 2.05) is 12.1 Å². The maximum absolute atomic E-state index is 5.54. The molecule has 2 fully saturated rings. The van der Waals surface area contributed by atoms with Crippen molar-refractivity contribution in [3.63, 3.8) is 0 Å². The number of hydrogen-bond acceptors (Lipinski definition) is 4. The predicted molar refractivity (Wildman–Crippen MR) is 83.1 cm³/mol. The second kappa shape index (κ2) is 5.44. The lowest BCUT2D eigenvalue weighted by molar-refractivity contribution is 0.0530. The fourth-order valence-corrected chi connectivity index (χ4v) is 3.60. The highest BCUT2D eigenvalue weighted by atomic mass is 16.7. The van der Waals surface area contributed by atoms with E-state index < -0.39 is 0 Å². The third-order valence-corrected chi connectivity index (χ3v) is 4.57. The maximum atomic E-state index is 5.54. The lowest BCUT2D eigenvalue weighted by Gasteiger charge is -2.28. The first-order chi connectivity index (χ1) is 10.0. The van der Waals surface area contributed by atoms with Gasteiger partial charge < -0.3 is 9.57 Å². The average Bonchev–Trinajstić information content (AvgIpc) is 2.92. The second-order valence-electron chi connectivity index (χ2n) is 6.62. The van der Waals surface area contributed by atoms with Gasteiger partial charge in [-0.05, 0) is 24.6 Å². The highest BCUT2D eigenvalue weighted by Crippen LogP contribution is 2.46. The number of ether oxygens (including phenoxy) is 1. The molecule has 3 rings (SSSR count). The van der Waals surface area contributed by atoms with Crippen molar-refractivity contribution in [2.24, 2.45) is 5.41 Å². The van der Waals surface area contributed by atoms with Crippen LogP contribution >= 0.6 is 0 Å². The summed E-state index contributed by atoms with van der Waals surface area (Å²) in [5.74, 6) is 0.890. The Kier molecular flexibility index (Phi) is 3.78. The highest BCUT2D eigenvalue weighted by Gasteiger charge is 2.53. The molecule has 3 atom stereocenters. The summed E-state index contributed by atoms with van der Waals surface area (Å²) in [6, 6.07) is 8.98. The minimum Gasteiger partial charge on any atom is -0.497 e. The number of nitrogens with one attached hydrogen (secondary N) is 1. The highest BCUT2D eigenvalue weighted by molar-refractivity contribution is 5.32. The zero-order chi connectivity index (χ0) is 15.0.